The summed E-state index contributed by atoms with van der Waals surface area (Å²) in [7, 11) is 1.07. The lowest BCUT2D eigenvalue weighted by Gasteiger charge is -2.19. The fraction of sp³-hybridized carbons (Fsp3) is 0.316. The minimum absolute atomic E-state index is 0.104. The number of pyridine rings is 1. The van der Waals surface area contributed by atoms with E-state index in [2.05, 4.69) is 9.72 Å². The lowest BCUT2D eigenvalue weighted by atomic mass is 10.1. The van der Waals surface area contributed by atoms with Crippen LogP contribution < -0.4 is 0 Å². The van der Waals surface area contributed by atoms with Gasteiger partial charge >= 0.3 is 18.2 Å². The van der Waals surface area contributed by atoms with Crippen LogP contribution in [0.25, 0.3) is 16.8 Å². The highest BCUT2D eigenvalue weighted by Crippen LogP contribution is 2.37. The molecule has 0 radical (unpaired) electrons. The maximum Gasteiger partial charge on any atom is 0.420 e. The topological polar surface area (TPSA) is 74.8 Å². The quantitative estimate of drug-likeness (QED) is 0.518. The predicted octanol–water partition coefficient (Wildman–Crippen LogP) is 5.04. The molecule has 0 N–H and O–H groups in total. The van der Waals surface area contributed by atoms with Crippen LogP contribution >= 0.6 is 11.6 Å². The van der Waals surface area contributed by atoms with Crippen LogP contribution in [0.15, 0.2) is 30.7 Å². The van der Waals surface area contributed by atoms with Crippen LogP contribution in [0, 0.1) is 0 Å². The van der Waals surface area contributed by atoms with Gasteiger partial charge in [-0.2, -0.15) is 13.2 Å². The first-order valence-electron chi connectivity index (χ1n) is 8.60. The van der Waals surface area contributed by atoms with Gasteiger partial charge in [-0.15, -0.1) is 0 Å². The number of fused-ring (bicyclic) bond motifs is 1. The SMILES string of the molecule is COC(=O)c1nc2c(C(F)(F)F)cc(-c3ccn(C(=O)OC(C)(C)C)c3)cn2c1Cl. The van der Waals surface area contributed by atoms with E-state index in [1.54, 1.807) is 20.8 Å². The molecule has 0 bridgehead atoms. The molecule has 0 aliphatic heterocycles. The lowest BCUT2D eigenvalue weighted by Crippen LogP contribution is -2.26. The molecule has 0 atom stereocenters. The van der Waals surface area contributed by atoms with Crippen LogP contribution in [0.3, 0.4) is 0 Å². The summed E-state index contributed by atoms with van der Waals surface area (Å²) in [4.78, 5) is 27.7. The minimum atomic E-state index is -4.77. The molecule has 3 aromatic heterocycles. The monoisotopic (exact) mass is 443 g/mol. The van der Waals surface area contributed by atoms with Crippen molar-refractivity contribution in [1.29, 1.82) is 0 Å². The van der Waals surface area contributed by atoms with E-state index in [0.29, 0.717) is 5.56 Å². The van der Waals surface area contributed by atoms with Crippen LogP contribution in [-0.4, -0.2) is 38.7 Å². The fourth-order valence-electron chi connectivity index (χ4n) is 2.71. The predicted molar refractivity (Wildman–Crippen MR) is 102 cm³/mol. The Balaban J connectivity index is 2.15. The number of hydrogen-bond acceptors (Lipinski definition) is 5. The van der Waals surface area contributed by atoms with E-state index in [-0.39, 0.29) is 10.7 Å². The first-order chi connectivity index (χ1) is 13.8. The molecule has 3 heterocycles. The number of imidazole rings is 1. The molecule has 7 nitrogen and oxygen atoms in total. The largest absolute Gasteiger partial charge is 0.464 e. The molecule has 30 heavy (non-hydrogen) atoms. The van der Waals surface area contributed by atoms with E-state index >= 15 is 0 Å². The highest BCUT2D eigenvalue weighted by Gasteiger charge is 2.36. The molecule has 0 aromatic carbocycles. The lowest BCUT2D eigenvalue weighted by molar-refractivity contribution is -0.136. The van der Waals surface area contributed by atoms with Crippen LogP contribution in [0.2, 0.25) is 5.15 Å². The maximum absolute atomic E-state index is 13.7. The van der Waals surface area contributed by atoms with E-state index in [9.17, 15) is 22.8 Å². The highest BCUT2D eigenvalue weighted by molar-refractivity contribution is 6.32. The van der Waals surface area contributed by atoms with Crippen LogP contribution in [0.5, 0.6) is 0 Å². The van der Waals surface area contributed by atoms with E-state index in [0.717, 1.165) is 22.1 Å². The number of esters is 1. The average molecular weight is 444 g/mol. The van der Waals surface area contributed by atoms with Crippen molar-refractivity contribution in [2.24, 2.45) is 0 Å². The van der Waals surface area contributed by atoms with Gasteiger partial charge in [0.25, 0.3) is 0 Å². The summed E-state index contributed by atoms with van der Waals surface area (Å²) in [6.07, 6.45) is -1.45. The summed E-state index contributed by atoms with van der Waals surface area (Å²) in [5, 5.41) is -0.323. The third-order valence-corrected chi connectivity index (χ3v) is 4.34. The van der Waals surface area contributed by atoms with Gasteiger partial charge in [-0.3, -0.25) is 8.97 Å². The number of halogens is 4. The van der Waals surface area contributed by atoms with E-state index < -0.39 is 40.7 Å². The Hall–Kier alpha value is -3.01. The molecule has 0 saturated heterocycles. The number of alkyl halides is 3. The van der Waals surface area contributed by atoms with Crippen LogP contribution in [-0.2, 0) is 15.7 Å². The van der Waals surface area contributed by atoms with Gasteiger partial charge in [0.05, 0.1) is 12.7 Å². The summed E-state index contributed by atoms with van der Waals surface area (Å²) < 4.78 is 52.8. The Morgan fingerprint density at radius 1 is 1.13 bits per heavy atom. The van der Waals surface area contributed by atoms with Crippen molar-refractivity contribution < 1.29 is 32.2 Å². The number of methoxy groups -OCH3 is 1. The smallest absolute Gasteiger partial charge is 0.420 e. The van der Waals surface area contributed by atoms with Gasteiger partial charge in [-0.1, -0.05) is 11.6 Å². The number of aromatic nitrogens is 3. The van der Waals surface area contributed by atoms with Crippen molar-refractivity contribution in [3.8, 4) is 11.1 Å². The standard InChI is InChI=1S/C19H17ClF3N3O4/c1-18(2,3)30-17(28)25-6-5-10(8-25)11-7-12(19(21,22)23)15-24-13(16(27)29-4)14(20)26(15)9-11/h5-9H,1-4H3. The molecule has 160 valence electrons. The van der Waals surface area contributed by atoms with Gasteiger partial charge in [0, 0.05) is 29.7 Å². The number of nitrogens with zero attached hydrogens (tertiary/aromatic N) is 3. The first-order valence-corrected chi connectivity index (χ1v) is 8.98. The molecule has 11 heteroatoms. The van der Waals surface area contributed by atoms with Crippen LogP contribution in [0.1, 0.15) is 36.8 Å². The van der Waals surface area contributed by atoms with E-state index in [1.165, 1.54) is 24.7 Å². The third kappa shape index (κ3) is 4.13. The maximum atomic E-state index is 13.7. The van der Waals surface area contributed by atoms with Gasteiger partial charge < -0.3 is 9.47 Å². The van der Waals surface area contributed by atoms with E-state index in [1.807, 2.05) is 0 Å². The second-order valence-corrected chi connectivity index (χ2v) is 7.72. The Bertz CT molecular complexity index is 1140. The van der Waals surface area contributed by atoms with E-state index in [4.69, 9.17) is 16.3 Å². The molecule has 0 aliphatic carbocycles. The second-order valence-electron chi connectivity index (χ2n) is 7.36. The van der Waals surface area contributed by atoms with Crippen molar-refractivity contribution >= 4 is 29.3 Å². The van der Waals surface area contributed by atoms with Crippen molar-refractivity contribution in [2.75, 3.05) is 7.11 Å². The van der Waals surface area contributed by atoms with Crippen molar-refractivity contribution in [2.45, 2.75) is 32.5 Å². The third-order valence-electron chi connectivity index (χ3n) is 3.98. The molecule has 0 fully saturated rings. The van der Waals surface area contributed by atoms with Gasteiger partial charge in [0.2, 0.25) is 0 Å². The Kier molecular flexibility index (Phi) is 5.32. The van der Waals surface area contributed by atoms with Gasteiger partial charge in [-0.05, 0) is 32.9 Å². The average Bonchev–Trinajstić information content (AvgIpc) is 3.24. The Labute approximate surface area is 174 Å². The molecule has 0 spiro atoms. The molecular formula is C19H17ClF3N3O4. The summed E-state index contributed by atoms with van der Waals surface area (Å²) in [6.45, 7) is 5.08. The van der Waals surface area contributed by atoms with Gasteiger partial charge in [-0.25, -0.2) is 14.6 Å². The molecule has 3 rings (SSSR count). The molecule has 0 aliphatic rings. The molecular weight excluding hydrogens is 427 g/mol. The highest BCUT2D eigenvalue weighted by atomic mass is 35.5. The summed E-state index contributed by atoms with van der Waals surface area (Å²) >= 11 is 6.09. The van der Waals surface area contributed by atoms with Gasteiger partial charge in [0.1, 0.15) is 10.8 Å². The van der Waals surface area contributed by atoms with Gasteiger partial charge in [0.15, 0.2) is 11.3 Å². The normalized spacial score (nSPS) is 12.3. The fourth-order valence-corrected chi connectivity index (χ4v) is 2.95. The molecule has 3 aromatic rings. The number of carbonyl (C=O) groups excluding carboxylic acids is 2. The summed E-state index contributed by atoms with van der Waals surface area (Å²) in [5.41, 5.74) is -2.40. The zero-order valence-corrected chi connectivity index (χ0v) is 17.1. The Morgan fingerprint density at radius 2 is 1.80 bits per heavy atom. The number of hydrogen-bond donors (Lipinski definition) is 0. The number of carbonyl (C=O) groups is 2. The van der Waals surface area contributed by atoms with Crippen LogP contribution in [0.4, 0.5) is 18.0 Å². The zero-order valence-electron chi connectivity index (χ0n) is 16.4. The van der Waals surface area contributed by atoms with Crippen molar-refractivity contribution in [3.05, 3.63) is 47.1 Å². The van der Waals surface area contributed by atoms with Crippen molar-refractivity contribution in [3.63, 3.8) is 0 Å². The molecule has 0 unspecified atom stereocenters. The minimum Gasteiger partial charge on any atom is -0.464 e. The Morgan fingerprint density at radius 3 is 2.37 bits per heavy atom. The summed E-state index contributed by atoms with van der Waals surface area (Å²) in [6, 6.07) is 2.33. The number of ether oxygens (including phenoxy) is 2. The van der Waals surface area contributed by atoms with Crippen molar-refractivity contribution in [1.82, 2.24) is 14.0 Å². The zero-order chi connectivity index (χ0) is 22.4. The first kappa shape index (κ1) is 21.7. The number of rotatable bonds is 2. The second kappa shape index (κ2) is 7.35. The summed E-state index contributed by atoms with van der Waals surface area (Å²) in [5.74, 6) is -0.963. The molecule has 0 saturated carbocycles. The molecule has 0 amide bonds.